The topological polar surface area (TPSA) is 142 Å². The summed E-state index contributed by atoms with van der Waals surface area (Å²) in [5.41, 5.74) is -0.896. The van der Waals surface area contributed by atoms with E-state index in [0.29, 0.717) is 5.69 Å². The second-order valence-corrected chi connectivity index (χ2v) is 7.13. The Morgan fingerprint density at radius 2 is 1.83 bits per heavy atom. The minimum atomic E-state index is -0.933. The summed E-state index contributed by atoms with van der Waals surface area (Å²) < 4.78 is 1.20. The predicted molar refractivity (Wildman–Crippen MR) is 112 cm³/mol. The van der Waals surface area contributed by atoms with Gasteiger partial charge in [-0.25, -0.2) is 9.36 Å². The van der Waals surface area contributed by atoms with Crippen molar-refractivity contribution in [1.29, 1.82) is 0 Å². The van der Waals surface area contributed by atoms with Crippen LogP contribution in [0.3, 0.4) is 0 Å². The van der Waals surface area contributed by atoms with E-state index in [1.165, 1.54) is 4.57 Å². The zero-order valence-electron chi connectivity index (χ0n) is 15.2. The first-order valence-corrected chi connectivity index (χ1v) is 9.62. The summed E-state index contributed by atoms with van der Waals surface area (Å²) in [6, 6.07) is 13.8. The number of benzene rings is 2. The lowest BCUT2D eigenvalue weighted by Gasteiger charge is -2.15. The standard InChI is InChI=1S/C19H13N5O5S/c25-14-8-13(20-15(26)9-30-18-22-16(27)17(28)23-18)24(19(29)21-14)12-7-3-5-10-4-1-2-6-11(10)12/h1-8H,9H2,(H,20,26)(H,21,25,29)(H,22,23,27,28). The number of amidine groups is 1. The van der Waals surface area contributed by atoms with Crippen molar-refractivity contribution in [3.8, 4) is 5.69 Å². The first-order valence-electron chi connectivity index (χ1n) is 8.63. The maximum atomic E-state index is 12.6. The number of aliphatic imine (C=N–C) groups is 1. The van der Waals surface area contributed by atoms with E-state index in [1.807, 2.05) is 30.3 Å². The van der Waals surface area contributed by atoms with Crippen LogP contribution in [0, 0.1) is 0 Å². The molecular weight excluding hydrogens is 410 g/mol. The van der Waals surface area contributed by atoms with Crippen molar-refractivity contribution in [2.45, 2.75) is 0 Å². The zero-order valence-corrected chi connectivity index (χ0v) is 16.0. The van der Waals surface area contributed by atoms with E-state index in [-0.39, 0.29) is 16.7 Å². The molecule has 3 N–H and O–H groups in total. The van der Waals surface area contributed by atoms with Crippen LogP contribution in [-0.2, 0) is 14.4 Å². The molecule has 11 heteroatoms. The Morgan fingerprint density at radius 3 is 2.60 bits per heavy atom. The molecule has 0 unspecified atom stereocenters. The highest BCUT2D eigenvalue weighted by atomic mass is 32.2. The summed E-state index contributed by atoms with van der Waals surface area (Å²) in [4.78, 5) is 64.7. The number of hydrogen-bond donors (Lipinski definition) is 3. The molecule has 150 valence electrons. The number of nitrogens with zero attached hydrogens (tertiary/aromatic N) is 2. The molecule has 0 spiro atoms. The molecule has 3 amide bonds. The van der Waals surface area contributed by atoms with Crippen LogP contribution in [-0.4, -0.2) is 38.2 Å². The van der Waals surface area contributed by atoms with Crippen LogP contribution in [0.1, 0.15) is 0 Å². The van der Waals surface area contributed by atoms with Gasteiger partial charge in [-0.15, -0.1) is 0 Å². The molecule has 30 heavy (non-hydrogen) atoms. The average molecular weight is 423 g/mol. The Balaban J connectivity index is 1.66. The van der Waals surface area contributed by atoms with Gasteiger partial charge in [0.15, 0.2) is 5.17 Å². The van der Waals surface area contributed by atoms with Gasteiger partial charge >= 0.3 is 17.5 Å². The number of aromatic amines is 1. The van der Waals surface area contributed by atoms with E-state index < -0.39 is 29.0 Å². The summed E-state index contributed by atoms with van der Waals surface area (Å²) in [6.45, 7) is 0. The van der Waals surface area contributed by atoms with Crippen LogP contribution in [0.2, 0.25) is 0 Å². The monoisotopic (exact) mass is 423 g/mol. The summed E-state index contributed by atoms with van der Waals surface area (Å²) >= 11 is 0.843. The summed E-state index contributed by atoms with van der Waals surface area (Å²) in [6.07, 6.45) is 0. The van der Waals surface area contributed by atoms with Gasteiger partial charge in [-0.05, 0) is 11.5 Å². The van der Waals surface area contributed by atoms with Crippen molar-refractivity contribution >= 4 is 51.2 Å². The molecule has 0 saturated heterocycles. The molecular formula is C19H13N5O5S. The Kier molecular flexibility index (Phi) is 5.02. The number of amides is 3. The van der Waals surface area contributed by atoms with E-state index in [2.05, 4.69) is 20.6 Å². The first-order chi connectivity index (χ1) is 14.4. The van der Waals surface area contributed by atoms with Gasteiger partial charge in [-0.1, -0.05) is 48.2 Å². The number of aromatic nitrogens is 2. The molecule has 1 aromatic heterocycles. The Hall–Kier alpha value is -3.99. The SMILES string of the molecule is O=C(CSC1=NC(=O)C(=O)N1)Nc1cc(=O)[nH]c(=O)n1-c1cccc2ccccc12. The maximum Gasteiger partial charge on any atom is 0.337 e. The van der Waals surface area contributed by atoms with Gasteiger partial charge in [0.05, 0.1) is 11.4 Å². The number of carbonyl (C=O) groups excluding carboxylic acids is 3. The highest BCUT2D eigenvalue weighted by molar-refractivity contribution is 8.14. The fourth-order valence-corrected chi connectivity index (χ4v) is 3.58. The third-order valence-corrected chi connectivity index (χ3v) is 5.05. The van der Waals surface area contributed by atoms with Gasteiger partial charge in [0, 0.05) is 11.5 Å². The minimum Gasteiger partial charge on any atom is -0.311 e. The molecule has 0 fully saturated rings. The third-order valence-electron chi connectivity index (χ3n) is 4.17. The van der Waals surface area contributed by atoms with E-state index >= 15 is 0 Å². The number of nitrogens with one attached hydrogen (secondary N) is 3. The number of rotatable bonds is 4. The van der Waals surface area contributed by atoms with Gasteiger partial charge in [0.25, 0.3) is 5.56 Å². The number of H-pyrrole nitrogens is 1. The molecule has 4 rings (SSSR count). The molecule has 2 heterocycles. The van der Waals surface area contributed by atoms with Crippen LogP contribution < -0.4 is 21.9 Å². The van der Waals surface area contributed by atoms with Crippen molar-refractivity contribution in [2.75, 3.05) is 11.1 Å². The van der Waals surface area contributed by atoms with Gasteiger partial charge in [-0.2, -0.15) is 4.99 Å². The number of carbonyl (C=O) groups is 3. The van der Waals surface area contributed by atoms with Gasteiger partial charge in [-0.3, -0.25) is 29.5 Å². The van der Waals surface area contributed by atoms with Gasteiger partial charge in [0.1, 0.15) is 5.82 Å². The quantitative estimate of drug-likeness (QED) is 0.517. The molecule has 1 aliphatic heterocycles. The lowest BCUT2D eigenvalue weighted by molar-refractivity contribution is -0.135. The Bertz CT molecular complexity index is 1350. The highest BCUT2D eigenvalue weighted by Crippen LogP contribution is 2.23. The molecule has 0 atom stereocenters. The van der Waals surface area contributed by atoms with E-state index in [4.69, 9.17) is 0 Å². The van der Waals surface area contributed by atoms with Crippen LogP contribution in [0.25, 0.3) is 16.5 Å². The van der Waals surface area contributed by atoms with Crippen molar-refractivity contribution in [3.05, 3.63) is 69.4 Å². The van der Waals surface area contributed by atoms with Gasteiger partial charge in [0.2, 0.25) is 5.91 Å². The molecule has 0 aliphatic carbocycles. The predicted octanol–water partition coefficient (Wildman–Crippen LogP) is 0.363. The van der Waals surface area contributed by atoms with Crippen molar-refractivity contribution in [3.63, 3.8) is 0 Å². The van der Waals surface area contributed by atoms with E-state index in [9.17, 15) is 24.0 Å². The van der Waals surface area contributed by atoms with Crippen molar-refractivity contribution < 1.29 is 14.4 Å². The summed E-state index contributed by atoms with van der Waals surface area (Å²) in [7, 11) is 0. The number of hydrogen-bond acceptors (Lipinski definition) is 6. The third kappa shape index (κ3) is 3.78. The molecule has 0 radical (unpaired) electrons. The fourth-order valence-electron chi connectivity index (χ4n) is 2.93. The van der Waals surface area contributed by atoms with Crippen LogP contribution >= 0.6 is 11.8 Å². The second-order valence-electron chi connectivity index (χ2n) is 6.17. The van der Waals surface area contributed by atoms with Crippen LogP contribution in [0.4, 0.5) is 5.82 Å². The smallest absolute Gasteiger partial charge is 0.311 e. The number of fused-ring (bicyclic) bond motifs is 1. The highest BCUT2D eigenvalue weighted by Gasteiger charge is 2.24. The zero-order chi connectivity index (χ0) is 21.3. The molecule has 0 saturated carbocycles. The van der Waals surface area contributed by atoms with Gasteiger partial charge < -0.3 is 5.32 Å². The Morgan fingerprint density at radius 1 is 1.07 bits per heavy atom. The molecule has 1 aliphatic rings. The van der Waals surface area contributed by atoms with Crippen LogP contribution in [0.5, 0.6) is 0 Å². The first kappa shape index (κ1) is 19.3. The summed E-state index contributed by atoms with van der Waals surface area (Å²) in [5.74, 6) is -2.58. The van der Waals surface area contributed by atoms with Crippen molar-refractivity contribution in [2.24, 2.45) is 4.99 Å². The molecule has 3 aromatic rings. The molecule has 0 bridgehead atoms. The lowest BCUT2D eigenvalue weighted by atomic mass is 10.1. The lowest BCUT2D eigenvalue weighted by Crippen LogP contribution is -2.32. The maximum absolute atomic E-state index is 12.6. The average Bonchev–Trinajstić information content (AvgIpc) is 3.03. The number of thioether (sulfide) groups is 1. The second kappa shape index (κ2) is 7.79. The van der Waals surface area contributed by atoms with E-state index in [0.717, 1.165) is 28.6 Å². The summed E-state index contributed by atoms with van der Waals surface area (Å²) in [5, 5.41) is 6.40. The molecule has 2 aromatic carbocycles. The van der Waals surface area contributed by atoms with E-state index in [1.54, 1.807) is 12.1 Å². The van der Waals surface area contributed by atoms with Crippen molar-refractivity contribution in [1.82, 2.24) is 14.9 Å². The largest absolute Gasteiger partial charge is 0.337 e. The molecule has 10 nitrogen and oxygen atoms in total. The minimum absolute atomic E-state index is 0.0116. The normalized spacial score (nSPS) is 13.3. The van der Waals surface area contributed by atoms with Crippen LogP contribution in [0.15, 0.2) is 63.1 Å². The Labute approximate surface area is 172 Å². The number of anilines is 1. The fraction of sp³-hybridized carbons (Fsp3) is 0.0526.